The van der Waals surface area contributed by atoms with Crippen molar-refractivity contribution in [2.75, 3.05) is 9.80 Å². The van der Waals surface area contributed by atoms with E-state index in [1.807, 2.05) is 54.6 Å². The van der Waals surface area contributed by atoms with Crippen LogP contribution in [0.2, 0.25) is 0 Å². The third-order valence-electron chi connectivity index (χ3n) is 11.6. The molecule has 0 radical (unpaired) electrons. The monoisotopic (exact) mass is 725 g/mol. The summed E-state index contributed by atoms with van der Waals surface area (Å²) >= 11 is 0. The number of nitrogens with zero attached hydrogens (tertiary/aromatic N) is 3. The number of benzene rings is 7. The van der Waals surface area contributed by atoms with E-state index in [-0.39, 0.29) is 22.4 Å². The van der Waals surface area contributed by atoms with Crippen molar-refractivity contribution in [3.8, 4) is 0 Å². The van der Waals surface area contributed by atoms with Crippen LogP contribution in [0.3, 0.4) is 0 Å². The van der Waals surface area contributed by atoms with Gasteiger partial charge in [-0.1, -0.05) is 155 Å². The maximum Gasteiger partial charge on any atom is 0.152 e. The lowest BCUT2D eigenvalue weighted by Crippen LogP contribution is -2.30. The Morgan fingerprint density at radius 3 is 1.12 bits per heavy atom. The van der Waals surface area contributed by atoms with Crippen LogP contribution in [0.5, 0.6) is 0 Å². The minimum absolute atomic E-state index is 0.108. The molecule has 0 fully saturated rings. The van der Waals surface area contributed by atoms with Gasteiger partial charge in [0.1, 0.15) is 0 Å². The van der Waals surface area contributed by atoms with E-state index in [4.69, 9.17) is 10.4 Å². The summed E-state index contributed by atoms with van der Waals surface area (Å²) in [6.07, 6.45) is 0. The molecule has 5 heteroatoms. The summed E-state index contributed by atoms with van der Waals surface area (Å²) in [4.78, 5) is 9.51. The Morgan fingerprint density at radius 1 is 0.393 bits per heavy atom. The number of nitrogens with one attached hydrogen (secondary N) is 2. The summed E-state index contributed by atoms with van der Waals surface area (Å²) in [5.74, 6) is 0.108. The second-order valence-electron chi connectivity index (χ2n) is 15.6. The number of anilines is 6. The van der Waals surface area contributed by atoms with E-state index in [1.165, 1.54) is 22.3 Å². The lowest BCUT2D eigenvalue weighted by atomic mass is 9.73. The Balaban J connectivity index is 1.10. The molecular weight excluding hydrogens is 683 g/mol. The first-order valence-electron chi connectivity index (χ1n) is 19.2. The highest BCUT2D eigenvalue weighted by atomic mass is 15.2. The van der Waals surface area contributed by atoms with Gasteiger partial charge >= 0.3 is 0 Å². The van der Waals surface area contributed by atoms with Gasteiger partial charge in [-0.15, -0.1) is 0 Å². The van der Waals surface area contributed by atoms with Crippen LogP contribution < -0.4 is 9.80 Å². The number of aliphatic imine (C=N–C) groups is 1. The maximum absolute atomic E-state index is 9.62. The van der Waals surface area contributed by atoms with Gasteiger partial charge in [0, 0.05) is 38.9 Å². The fourth-order valence-electron chi connectivity index (χ4n) is 8.61. The van der Waals surface area contributed by atoms with E-state index < -0.39 is 0 Å². The van der Waals surface area contributed by atoms with E-state index in [2.05, 4.69) is 159 Å². The summed E-state index contributed by atoms with van der Waals surface area (Å²) in [5.41, 5.74) is 14.3. The van der Waals surface area contributed by atoms with Gasteiger partial charge in [-0.3, -0.25) is 10.8 Å². The Kier molecular flexibility index (Phi) is 8.39. The molecule has 56 heavy (non-hydrogen) atoms. The number of para-hydroxylation sites is 4. The molecule has 0 atom stereocenters. The summed E-state index contributed by atoms with van der Waals surface area (Å²) in [6, 6.07) is 60.5. The molecule has 0 bridgehead atoms. The highest BCUT2D eigenvalue weighted by Crippen LogP contribution is 2.53. The minimum Gasteiger partial charge on any atom is -0.310 e. The molecular formula is C51H43N5. The van der Waals surface area contributed by atoms with Crippen molar-refractivity contribution in [1.29, 1.82) is 10.8 Å². The minimum atomic E-state index is -0.150. The largest absolute Gasteiger partial charge is 0.310 e. The highest BCUT2D eigenvalue weighted by molar-refractivity contribution is 6.53. The zero-order chi connectivity index (χ0) is 38.6. The molecule has 0 aliphatic carbocycles. The molecule has 2 N–H and O–H groups in total. The van der Waals surface area contributed by atoms with Crippen LogP contribution >= 0.6 is 0 Å². The zero-order valence-corrected chi connectivity index (χ0v) is 32.1. The predicted octanol–water partition coefficient (Wildman–Crippen LogP) is 12.8. The highest BCUT2D eigenvalue weighted by Gasteiger charge is 2.38. The molecule has 7 aromatic carbocycles. The first-order chi connectivity index (χ1) is 27.1. The molecule has 272 valence electrons. The van der Waals surface area contributed by atoms with E-state index in [9.17, 15) is 5.41 Å². The molecule has 0 saturated heterocycles. The number of hydrogen-bond acceptors (Lipinski definition) is 4. The molecule has 7 aromatic rings. The van der Waals surface area contributed by atoms with Crippen LogP contribution in [0, 0.1) is 10.8 Å². The lowest BCUT2D eigenvalue weighted by molar-refractivity contribution is 0.632. The van der Waals surface area contributed by atoms with E-state index in [0.717, 1.165) is 45.3 Å². The third-order valence-corrected chi connectivity index (χ3v) is 11.6. The van der Waals surface area contributed by atoms with Crippen molar-refractivity contribution >= 4 is 51.4 Å². The number of hydrogen-bond donors (Lipinski definition) is 2. The molecule has 0 unspecified atom stereocenters. The van der Waals surface area contributed by atoms with Crippen LogP contribution in [0.25, 0.3) is 0 Å². The van der Waals surface area contributed by atoms with Gasteiger partial charge < -0.3 is 9.80 Å². The SMILES string of the molecule is CC1(C)c2ccccc2N(c2ccc(C(=N)C(=NC(=N)c3ccccc3)c3ccc(N4c5ccccc5C(C)(C)c5ccccc54)cc3)cc2)c2ccccc21. The van der Waals surface area contributed by atoms with Crippen molar-refractivity contribution in [3.63, 3.8) is 0 Å². The van der Waals surface area contributed by atoms with Crippen molar-refractivity contribution in [2.45, 2.75) is 38.5 Å². The van der Waals surface area contributed by atoms with Gasteiger partial charge in [-0.25, -0.2) is 4.99 Å². The van der Waals surface area contributed by atoms with Gasteiger partial charge in [0.2, 0.25) is 0 Å². The van der Waals surface area contributed by atoms with Crippen LogP contribution in [0.1, 0.15) is 66.6 Å². The topological polar surface area (TPSA) is 66.5 Å². The van der Waals surface area contributed by atoms with Crippen LogP contribution in [0.15, 0.2) is 181 Å². The van der Waals surface area contributed by atoms with Crippen molar-refractivity contribution < 1.29 is 0 Å². The Hall–Kier alpha value is -6.85. The fraction of sp³-hybridized carbons (Fsp3) is 0.118. The number of rotatable bonds is 6. The summed E-state index contributed by atoms with van der Waals surface area (Å²) in [5, 5.41) is 18.6. The van der Waals surface area contributed by atoms with Gasteiger partial charge in [0.25, 0.3) is 0 Å². The van der Waals surface area contributed by atoms with E-state index in [1.54, 1.807) is 0 Å². The first kappa shape index (κ1) is 34.9. The third kappa shape index (κ3) is 5.66. The van der Waals surface area contributed by atoms with Gasteiger partial charge in [0.05, 0.1) is 34.2 Å². The Labute approximate surface area is 329 Å². The van der Waals surface area contributed by atoms with Crippen LogP contribution in [-0.4, -0.2) is 17.3 Å². The number of amidine groups is 1. The average molecular weight is 726 g/mol. The summed E-state index contributed by atoms with van der Waals surface area (Å²) in [7, 11) is 0. The van der Waals surface area contributed by atoms with Crippen molar-refractivity contribution in [2.24, 2.45) is 4.99 Å². The summed E-state index contributed by atoms with van der Waals surface area (Å²) < 4.78 is 0. The summed E-state index contributed by atoms with van der Waals surface area (Å²) in [6.45, 7) is 9.16. The van der Waals surface area contributed by atoms with E-state index >= 15 is 0 Å². The van der Waals surface area contributed by atoms with Gasteiger partial charge in [-0.2, -0.15) is 0 Å². The molecule has 5 nitrogen and oxygen atoms in total. The molecule has 0 saturated carbocycles. The second kappa shape index (κ2) is 13.5. The molecule has 0 amide bonds. The number of fused-ring (bicyclic) bond motifs is 4. The second-order valence-corrected chi connectivity index (χ2v) is 15.6. The lowest BCUT2D eigenvalue weighted by Gasteiger charge is -2.42. The van der Waals surface area contributed by atoms with E-state index in [0.29, 0.717) is 11.3 Å². The molecule has 2 heterocycles. The fourth-order valence-corrected chi connectivity index (χ4v) is 8.61. The standard InChI is InChI=1S/C51H43N5/c1-50(2)39-18-8-12-22-43(39)55(44-23-13-9-19-40(44)50)37-30-26-34(27-31-37)47(52)48(54-49(53)36-16-6-5-7-17-36)35-28-32-38(33-29-35)56-45-24-14-10-20-41(45)51(3,4)42-21-11-15-25-46(42)56/h5-33,52-53H,1-4H3. The van der Waals surface area contributed by atoms with Crippen molar-refractivity contribution in [1.82, 2.24) is 0 Å². The predicted molar refractivity (Wildman–Crippen MR) is 233 cm³/mol. The van der Waals surface area contributed by atoms with Crippen LogP contribution in [-0.2, 0) is 10.8 Å². The smallest absolute Gasteiger partial charge is 0.152 e. The van der Waals surface area contributed by atoms with Gasteiger partial charge in [0.15, 0.2) is 5.84 Å². The normalized spacial score (nSPS) is 14.9. The van der Waals surface area contributed by atoms with Crippen LogP contribution in [0.4, 0.5) is 34.1 Å². The molecule has 9 rings (SSSR count). The quantitative estimate of drug-likeness (QED) is 0.132. The molecule has 2 aliphatic heterocycles. The molecule has 0 aromatic heterocycles. The Bertz CT molecular complexity index is 2570. The molecule has 0 spiro atoms. The zero-order valence-electron chi connectivity index (χ0n) is 32.1. The Morgan fingerprint density at radius 2 is 0.732 bits per heavy atom. The van der Waals surface area contributed by atoms with Gasteiger partial charge in [-0.05, 0) is 70.8 Å². The average Bonchev–Trinajstić information content (AvgIpc) is 3.24. The molecule has 2 aliphatic rings. The first-order valence-corrected chi connectivity index (χ1v) is 19.2. The maximum atomic E-state index is 9.62. The van der Waals surface area contributed by atoms with Crippen molar-refractivity contribution in [3.05, 3.63) is 215 Å².